The van der Waals surface area contributed by atoms with Crippen LogP contribution in [0.2, 0.25) is 0 Å². The molecule has 0 aliphatic carbocycles. The van der Waals surface area contributed by atoms with Crippen molar-refractivity contribution in [1.29, 1.82) is 0 Å². The summed E-state index contributed by atoms with van der Waals surface area (Å²) in [5.74, 6) is 0. The van der Waals surface area contributed by atoms with E-state index < -0.39 is 7.14 Å². The first-order chi connectivity index (χ1) is 4.60. The van der Waals surface area contributed by atoms with Gasteiger partial charge in [0.2, 0.25) is 0 Å². The summed E-state index contributed by atoms with van der Waals surface area (Å²) in [4.78, 5) is 0. The van der Waals surface area contributed by atoms with Gasteiger partial charge in [-0.25, -0.2) is 0 Å². The maximum Gasteiger partial charge on any atom is 0.126 e. The molecule has 60 valence electrons. The number of rotatable bonds is 3. The molecule has 0 aromatic heterocycles. The Hall–Kier alpha value is 0.550. The van der Waals surface area contributed by atoms with Crippen molar-refractivity contribution in [2.24, 2.45) is 0 Å². The van der Waals surface area contributed by atoms with Gasteiger partial charge in [0.05, 0.1) is 4.77 Å². The summed E-state index contributed by atoms with van der Waals surface area (Å²) < 4.78 is 11.9. The molecule has 0 bridgehead atoms. The van der Waals surface area contributed by atoms with Crippen molar-refractivity contribution in [3.8, 4) is 0 Å². The molecule has 4 heteroatoms. The van der Waals surface area contributed by atoms with Gasteiger partial charge in [0.1, 0.15) is 7.14 Å². The number of hydrogen-bond acceptors (Lipinski definition) is 1. The molecule has 0 atom stereocenters. The Morgan fingerprint density at radius 1 is 1.50 bits per heavy atom. The summed E-state index contributed by atoms with van der Waals surface area (Å²) in [6.45, 7) is 3.71. The average Bonchev–Trinajstić information content (AvgIpc) is 2.01. The van der Waals surface area contributed by atoms with Gasteiger partial charge >= 0.3 is 0 Å². The van der Waals surface area contributed by atoms with Gasteiger partial charge in [-0.15, -0.1) is 0 Å². The molecule has 0 aliphatic heterocycles. The largest absolute Gasteiger partial charge is 0.318 e. The third-order valence-corrected chi connectivity index (χ3v) is 5.97. The number of halogens is 2. The zero-order valence-corrected chi connectivity index (χ0v) is 8.51. The fourth-order valence-electron chi connectivity index (χ4n) is 0.615. The monoisotopic (exact) mass is 200 g/mol. The second kappa shape index (κ2) is 4.43. The lowest BCUT2D eigenvalue weighted by Gasteiger charge is -2.10. The van der Waals surface area contributed by atoms with E-state index in [9.17, 15) is 4.57 Å². The van der Waals surface area contributed by atoms with Gasteiger partial charge in [0.25, 0.3) is 0 Å². The van der Waals surface area contributed by atoms with Gasteiger partial charge in [-0.3, -0.25) is 0 Å². The summed E-state index contributed by atoms with van der Waals surface area (Å²) in [5, 5.41) is 0. The molecule has 0 saturated carbocycles. The second-order valence-electron chi connectivity index (χ2n) is 1.95. The van der Waals surface area contributed by atoms with Crippen LogP contribution in [0.5, 0.6) is 0 Å². The summed E-state index contributed by atoms with van der Waals surface area (Å²) in [5.41, 5.74) is 1.20. The Balaban J connectivity index is 4.50. The third kappa shape index (κ3) is 2.30. The summed E-state index contributed by atoms with van der Waals surface area (Å²) in [6, 6.07) is 0. The lowest BCUT2D eigenvalue weighted by molar-refractivity contribution is 0.581. The fraction of sp³-hybridized carbons (Fsp3) is 0.667. The summed E-state index contributed by atoms with van der Waals surface area (Å²) in [7, 11) is -2.28. The van der Waals surface area contributed by atoms with Crippen molar-refractivity contribution in [3.63, 3.8) is 0 Å². The minimum atomic E-state index is -2.28. The topological polar surface area (TPSA) is 17.1 Å². The van der Waals surface area contributed by atoms with Crippen LogP contribution >= 0.6 is 30.3 Å². The van der Waals surface area contributed by atoms with E-state index in [0.717, 1.165) is 0 Å². The maximum absolute atomic E-state index is 11.6. The zero-order chi connectivity index (χ0) is 8.20. The molecule has 0 rings (SSSR count). The molecule has 0 aromatic carbocycles. The zero-order valence-electron chi connectivity index (χ0n) is 6.10. The van der Waals surface area contributed by atoms with Crippen molar-refractivity contribution in [2.75, 3.05) is 12.3 Å². The molecule has 0 aliphatic rings. The predicted octanol–water partition coefficient (Wildman–Crippen LogP) is 3.67. The first-order valence-corrected chi connectivity index (χ1v) is 6.04. The molecular weight excluding hydrogens is 190 g/mol. The molecule has 0 N–H and O–H groups in total. The van der Waals surface area contributed by atoms with Gasteiger partial charge in [-0.05, 0) is 0 Å². The summed E-state index contributed by atoms with van der Waals surface area (Å²) >= 11 is 11.0. The Kier molecular flexibility index (Phi) is 4.68. The normalized spacial score (nSPS) is 13.8. The predicted molar refractivity (Wildman–Crippen MR) is 48.5 cm³/mol. The summed E-state index contributed by atoms with van der Waals surface area (Å²) in [6.07, 6.45) is 1.18. The molecule has 0 saturated heterocycles. The van der Waals surface area contributed by atoms with Crippen LogP contribution in [0.15, 0.2) is 10.3 Å². The standard InChI is InChI=1S/C6H11Cl2OP/c1-3-10(9,4-2)6(8)5-7/h5H,3-4H2,1-2H3. The molecule has 0 unspecified atom stereocenters. The molecule has 0 spiro atoms. The minimum absolute atomic E-state index is 0.319. The van der Waals surface area contributed by atoms with Gasteiger partial charge in [-0.2, -0.15) is 0 Å². The van der Waals surface area contributed by atoms with Crippen LogP contribution in [0, 0.1) is 0 Å². The lowest BCUT2D eigenvalue weighted by Crippen LogP contribution is -1.87. The van der Waals surface area contributed by atoms with Gasteiger partial charge in [0, 0.05) is 17.9 Å². The quantitative estimate of drug-likeness (QED) is 0.636. The van der Waals surface area contributed by atoms with Crippen LogP contribution in [-0.4, -0.2) is 12.3 Å². The van der Waals surface area contributed by atoms with Crippen molar-refractivity contribution in [1.82, 2.24) is 0 Å². The van der Waals surface area contributed by atoms with Crippen LogP contribution in [0.25, 0.3) is 0 Å². The third-order valence-electron chi connectivity index (χ3n) is 1.50. The molecule has 0 heterocycles. The van der Waals surface area contributed by atoms with E-state index in [1.165, 1.54) is 5.54 Å². The van der Waals surface area contributed by atoms with Crippen molar-refractivity contribution < 1.29 is 4.57 Å². The second-order valence-corrected chi connectivity index (χ2v) is 6.37. The average molecular weight is 201 g/mol. The SMILES string of the molecule is CCP(=O)(CC)C(Cl)=CCl. The van der Waals surface area contributed by atoms with Crippen LogP contribution in [0.3, 0.4) is 0 Å². The molecule has 0 fully saturated rings. The van der Waals surface area contributed by atoms with E-state index in [4.69, 9.17) is 23.2 Å². The minimum Gasteiger partial charge on any atom is -0.318 e. The van der Waals surface area contributed by atoms with E-state index >= 15 is 0 Å². The molecule has 10 heavy (non-hydrogen) atoms. The first-order valence-electron chi connectivity index (χ1n) is 3.15. The fourth-order valence-corrected chi connectivity index (χ4v) is 3.09. The van der Waals surface area contributed by atoms with Crippen LogP contribution in [0.4, 0.5) is 0 Å². The highest BCUT2D eigenvalue weighted by Gasteiger charge is 2.20. The van der Waals surface area contributed by atoms with Crippen LogP contribution < -0.4 is 0 Å². The van der Waals surface area contributed by atoms with Crippen molar-refractivity contribution in [2.45, 2.75) is 13.8 Å². The van der Waals surface area contributed by atoms with E-state index in [0.29, 0.717) is 17.1 Å². The smallest absolute Gasteiger partial charge is 0.126 e. The van der Waals surface area contributed by atoms with E-state index in [2.05, 4.69) is 0 Å². The lowest BCUT2D eigenvalue weighted by atomic mass is 11.0. The highest BCUT2D eigenvalue weighted by atomic mass is 35.5. The number of hydrogen-bond donors (Lipinski definition) is 0. The van der Waals surface area contributed by atoms with Crippen LogP contribution in [-0.2, 0) is 4.57 Å². The Bertz CT molecular complexity index is 169. The Labute approximate surface area is 71.8 Å². The van der Waals surface area contributed by atoms with Crippen molar-refractivity contribution in [3.05, 3.63) is 10.3 Å². The first kappa shape index (κ1) is 10.6. The molecule has 1 nitrogen and oxygen atoms in total. The van der Waals surface area contributed by atoms with Crippen molar-refractivity contribution >= 4 is 30.3 Å². The van der Waals surface area contributed by atoms with Crippen LogP contribution in [0.1, 0.15) is 13.8 Å². The molecular formula is C6H11Cl2OP. The highest BCUT2D eigenvalue weighted by Crippen LogP contribution is 2.55. The molecule has 0 amide bonds. The maximum atomic E-state index is 11.6. The van der Waals surface area contributed by atoms with E-state index in [-0.39, 0.29) is 0 Å². The van der Waals surface area contributed by atoms with Gasteiger partial charge < -0.3 is 4.57 Å². The van der Waals surface area contributed by atoms with E-state index in [1.54, 1.807) is 0 Å². The highest BCUT2D eigenvalue weighted by molar-refractivity contribution is 7.70. The van der Waals surface area contributed by atoms with E-state index in [1.807, 2.05) is 13.8 Å². The van der Waals surface area contributed by atoms with Gasteiger partial charge in [-0.1, -0.05) is 37.0 Å². The Morgan fingerprint density at radius 2 is 1.90 bits per heavy atom. The Morgan fingerprint density at radius 3 is 2.00 bits per heavy atom. The van der Waals surface area contributed by atoms with Gasteiger partial charge in [0.15, 0.2) is 0 Å². The molecule has 0 aromatic rings. The molecule has 0 radical (unpaired) electrons.